The third-order valence-electron chi connectivity index (χ3n) is 4.46. The maximum Gasteiger partial charge on any atom is 0.288 e. The van der Waals surface area contributed by atoms with Gasteiger partial charge in [-0.2, -0.15) is 4.31 Å². The van der Waals surface area contributed by atoms with Gasteiger partial charge in [0.25, 0.3) is 5.69 Å². The Hall–Kier alpha value is -2.49. The number of carbonyl (C=O) groups is 1. The number of hydrogen-bond acceptors (Lipinski definition) is 6. The van der Waals surface area contributed by atoms with Crippen molar-refractivity contribution in [2.75, 3.05) is 25.0 Å². The Bertz CT molecular complexity index is 1020. The van der Waals surface area contributed by atoms with Crippen LogP contribution in [-0.2, 0) is 10.0 Å². The first-order chi connectivity index (χ1) is 13.3. The fourth-order valence-corrected chi connectivity index (χ4v) is 4.77. The molecule has 1 heterocycles. The molecule has 10 heteroatoms. The molecule has 0 atom stereocenters. The van der Waals surface area contributed by atoms with E-state index in [-0.39, 0.29) is 33.5 Å². The van der Waals surface area contributed by atoms with E-state index < -0.39 is 14.9 Å². The van der Waals surface area contributed by atoms with Crippen molar-refractivity contribution in [3.8, 4) is 0 Å². The fraction of sp³-hybridized carbons (Fsp3) is 0.278. The molecule has 0 aliphatic carbocycles. The highest BCUT2D eigenvalue weighted by Gasteiger charge is 2.27. The molecule has 0 amide bonds. The molecule has 2 aromatic carbocycles. The molecule has 0 radical (unpaired) electrons. The number of nitro benzene ring substituents is 1. The van der Waals surface area contributed by atoms with E-state index in [1.807, 2.05) is 0 Å². The quantitative estimate of drug-likeness (QED) is 0.415. The van der Waals surface area contributed by atoms with E-state index in [2.05, 4.69) is 5.32 Å². The Kier molecular flexibility index (Phi) is 5.97. The number of rotatable bonds is 7. The van der Waals surface area contributed by atoms with Crippen molar-refractivity contribution in [1.82, 2.24) is 4.31 Å². The van der Waals surface area contributed by atoms with Gasteiger partial charge in [0.2, 0.25) is 10.0 Å². The summed E-state index contributed by atoms with van der Waals surface area (Å²) in [5.74, 6) is -0.312. The molecular formula is C18H18ClN3O5S. The number of anilines is 1. The number of hydrogen-bond donors (Lipinski definition) is 1. The zero-order chi connectivity index (χ0) is 20.3. The third kappa shape index (κ3) is 4.32. The predicted molar refractivity (Wildman–Crippen MR) is 105 cm³/mol. The Morgan fingerprint density at radius 1 is 1.18 bits per heavy atom. The molecule has 8 nitrogen and oxygen atoms in total. The summed E-state index contributed by atoms with van der Waals surface area (Å²) < 4.78 is 26.7. The second kappa shape index (κ2) is 8.26. The van der Waals surface area contributed by atoms with E-state index >= 15 is 0 Å². The predicted octanol–water partition coefficient (Wildman–Crippen LogP) is 3.33. The Balaban J connectivity index is 1.71. The van der Waals surface area contributed by atoms with E-state index in [1.165, 1.54) is 34.6 Å². The van der Waals surface area contributed by atoms with Crippen molar-refractivity contribution in [1.29, 1.82) is 0 Å². The van der Waals surface area contributed by atoms with E-state index in [1.54, 1.807) is 12.1 Å². The summed E-state index contributed by atoms with van der Waals surface area (Å²) in [5, 5.41) is 13.6. The Morgan fingerprint density at radius 2 is 1.89 bits per heavy atom. The summed E-state index contributed by atoms with van der Waals surface area (Å²) in [6.45, 7) is 0.868. The van der Waals surface area contributed by atoms with Crippen molar-refractivity contribution in [3.05, 3.63) is 63.2 Å². The monoisotopic (exact) mass is 423 g/mol. The van der Waals surface area contributed by atoms with Crippen LogP contribution in [0.4, 0.5) is 11.4 Å². The number of nitro groups is 1. The lowest BCUT2D eigenvalue weighted by Gasteiger charge is -2.16. The number of benzene rings is 2. The molecule has 1 aliphatic heterocycles. The first-order valence-corrected chi connectivity index (χ1v) is 10.4. The first-order valence-electron chi connectivity index (χ1n) is 8.60. The molecule has 3 rings (SSSR count). The van der Waals surface area contributed by atoms with Crippen molar-refractivity contribution in [2.24, 2.45) is 0 Å². The summed E-state index contributed by atoms with van der Waals surface area (Å²) in [5.41, 5.74) is 0.490. The van der Waals surface area contributed by atoms with Crippen LogP contribution >= 0.6 is 11.6 Å². The number of ketones is 1. The molecule has 2 aromatic rings. The molecule has 1 N–H and O–H groups in total. The third-order valence-corrected chi connectivity index (χ3v) is 6.65. The zero-order valence-electron chi connectivity index (χ0n) is 14.8. The van der Waals surface area contributed by atoms with Gasteiger partial charge >= 0.3 is 0 Å². The van der Waals surface area contributed by atoms with Crippen molar-refractivity contribution >= 4 is 38.8 Å². The van der Waals surface area contributed by atoms with Crippen LogP contribution in [0.5, 0.6) is 0 Å². The lowest BCUT2D eigenvalue weighted by Crippen LogP contribution is -2.28. The number of halogens is 1. The van der Waals surface area contributed by atoms with E-state index in [9.17, 15) is 23.3 Å². The van der Waals surface area contributed by atoms with Gasteiger partial charge in [-0.25, -0.2) is 8.42 Å². The van der Waals surface area contributed by atoms with Crippen LogP contribution in [0, 0.1) is 10.1 Å². The van der Waals surface area contributed by atoms with Gasteiger partial charge < -0.3 is 5.32 Å². The number of nitrogens with one attached hydrogen (secondary N) is 1. The highest BCUT2D eigenvalue weighted by atomic mass is 35.5. The molecule has 1 saturated heterocycles. The molecule has 0 bridgehead atoms. The van der Waals surface area contributed by atoms with E-state index in [0.29, 0.717) is 18.8 Å². The zero-order valence-corrected chi connectivity index (χ0v) is 16.4. The normalized spacial score (nSPS) is 14.8. The van der Waals surface area contributed by atoms with Crippen LogP contribution in [0.1, 0.15) is 23.2 Å². The summed E-state index contributed by atoms with van der Waals surface area (Å²) in [7, 11) is -3.60. The Labute approximate surface area is 167 Å². The second-order valence-corrected chi connectivity index (χ2v) is 8.68. The lowest BCUT2D eigenvalue weighted by atomic mass is 10.1. The standard InChI is InChI=1S/C18H18ClN3O5S/c19-16-11-14(6-7-17(16)22(24)25)20-12-18(23)13-4-3-5-15(10-13)28(26,27)21-8-1-2-9-21/h3-7,10-11,20H,1-2,8-9,12H2. The molecule has 1 fully saturated rings. The highest BCUT2D eigenvalue weighted by molar-refractivity contribution is 7.89. The molecule has 148 valence electrons. The number of nitrogens with zero attached hydrogens (tertiary/aromatic N) is 2. The van der Waals surface area contributed by atoms with Crippen molar-refractivity contribution in [2.45, 2.75) is 17.7 Å². The highest BCUT2D eigenvalue weighted by Crippen LogP contribution is 2.27. The van der Waals surface area contributed by atoms with Gasteiger partial charge in [-0.05, 0) is 37.1 Å². The fourth-order valence-electron chi connectivity index (χ4n) is 2.96. The number of sulfonamides is 1. The number of carbonyl (C=O) groups excluding carboxylic acids is 1. The molecular weight excluding hydrogens is 406 g/mol. The Morgan fingerprint density at radius 3 is 2.54 bits per heavy atom. The van der Waals surface area contributed by atoms with Crippen LogP contribution in [-0.4, -0.2) is 43.1 Å². The van der Waals surface area contributed by atoms with E-state index in [4.69, 9.17) is 11.6 Å². The van der Waals surface area contributed by atoms with Gasteiger partial charge in [0.15, 0.2) is 5.78 Å². The maximum atomic E-state index is 12.6. The molecule has 28 heavy (non-hydrogen) atoms. The molecule has 0 spiro atoms. The summed E-state index contributed by atoms with van der Waals surface area (Å²) in [6.07, 6.45) is 1.67. The van der Waals surface area contributed by atoms with Crippen LogP contribution in [0.25, 0.3) is 0 Å². The minimum Gasteiger partial charge on any atom is -0.378 e. The largest absolute Gasteiger partial charge is 0.378 e. The molecule has 1 aliphatic rings. The molecule has 0 saturated carbocycles. The maximum absolute atomic E-state index is 12.6. The van der Waals surface area contributed by atoms with Gasteiger partial charge in [0.1, 0.15) is 5.02 Å². The van der Waals surface area contributed by atoms with E-state index in [0.717, 1.165) is 12.8 Å². The van der Waals surface area contributed by atoms with Gasteiger partial charge in [-0.3, -0.25) is 14.9 Å². The minimum atomic E-state index is -3.60. The lowest BCUT2D eigenvalue weighted by molar-refractivity contribution is -0.384. The van der Waals surface area contributed by atoms with Gasteiger partial charge in [0, 0.05) is 30.4 Å². The second-order valence-electron chi connectivity index (χ2n) is 6.34. The summed E-state index contributed by atoms with van der Waals surface area (Å²) in [4.78, 5) is 22.8. The van der Waals surface area contributed by atoms with Crippen molar-refractivity contribution in [3.63, 3.8) is 0 Å². The van der Waals surface area contributed by atoms with Gasteiger partial charge in [-0.15, -0.1) is 0 Å². The van der Waals surface area contributed by atoms with Crippen LogP contribution in [0.15, 0.2) is 47.4 Å². The van der Waals surface area contributed by atoms with Gasteiger partial charge in [0.05, 0.1) is 16.4 Å². The average molecular weight is 424 g/mol. The SMILES string of the molecule is O=C(CNc1ccc([N+](=O)[O-])c(Cl)c1)c1cccc(S(=O)(=O)N2CCCC2)c1. The molecule has 0 aromatic heterocycles. The average Bonchev–Trinajstić information content (AvgIpc) is 3.21. The van der Waals surface area contributed by atoms with Crippen molar-refractivity contribution < 1.29 is 18.1 Å². The summed E-state index contributed by atoms with van der Waals surface area (Å²) in [6, 6.07) is 10.0. The van der Waals surface area contributed by atoms with Gasteiger partial charge in [-0.1, -0.05) is 23.7 Å². The topological polar surface area (TPSA) is 110 Å². The van der Waals surface area contributed by atoms with Crippen LogP contribution < -0.4 is 5.32 Å². The minimum absolute atomic E-state index is 0.0406. The van der Waals surface area contributed by atoms with Crippen LogP contribution in [0.2, 0.25) is 5.02 Å². The first kappa shape index (κ1) is 20.2. The molecule has 0 unspecified atom stereocenters. The number of Topliss-reactive ketones (excluding diaryl/α,β-unsaturated/α-hetero) is 1. The smallest absolute Gasteiger partial charge is 0.288 e. The van der Waals surface area contributed by atoms with Crippen LogP contribution in [0.3, 0.4) is 0 Å². The summed E-state index contributed by atoms with van der Waals surface area (Å²) >= 11 is 5.85.